The Hall–Kier alpha value is -2.33. The molecule has 4 heteroatoms. The zero-order valence-electron chi connectivity index (χ0n) is 15.8. The Bertz CT molecular complexity index is 762. The molecule has 2 aromatic carbocycles. The molecule has 0 aromatic heterocycles. The van der Waals surface area contributed by atoms with Crippen molar-refractivity contribution in [3.05, 3.63) is 59.7 Å². The normalized spacial score (nSPS) is 17.5. The first-order valence-electron chi connectivity index (χ1n) is 10.2. The molecule has 1 aliphatic heterocycles. The Kier molecular flexibility index (Phi) is 5.73. The van der Waals surface area contributed by atoms with E-state index in [0.29, 0.717) is 11.3 Å². The van der Waals surface area contributed by atoms with Gasteiger partial charge in [0, 0.05) is 12.2 Å². The lowest BCUT2D eigenvalue weighted by Crippen LogP contribution is -2.26. The second-order valence-corrected chi connectivity index (χ2v) is 7.62. The van der Waals surface area contributed by atoms with Crippen molar-refractivity contribution in [3.63, 3.8) is 0 Å². The van der Waals surface area contributed by atoms with Gasteiger partial charge in [0.05, 0.1) is 11.7 Å². The summed E-state index contributed by atoms with van der Waals surface area (Å²) in [6, 6.07) is 15.7. The lowest BCUT2D eigenvalue weighted by atomic mass is 9.96. The third-order valence-electron chi connectivity index (χ3n) is 5.60. The second kappa shape index (κ2) is 8.57. The van der Waals surface area contributed by atoms with Crippen LogP contribution < -0.4 is 10.1 Å². The van der Waals surface area contributed by atoms with Gasteiger partial charge in [0.2, 0.25) is 0 Å². The van der Waals surface area contributed by atoms with Gasteiger partial charge < -0.3 is 15.0 Å². The molecule has 142 valence electrons. The van der Waals surface area contributed by atoms with Crippen molar-refractivity contribution in [3.8, 4) is 5.75 Å². The van der Waals surface area contributed by atoms with Gasteiger partial charge in [0.25, 0.3) is 5.91 Å². The van der Waals surface area contributed by atoms with E-state index < -0.39 is 0 Å². The zero-order chi connectivity index (χ0) is 18.5. The third-order valence-corrected chi connectivity index (χ3v) is 5.60. The highest BCUT2D eigenvalue weighted by molar-refractivity contribution is 6.06. The maximum absolute atomic E-state index is 12.7. The molecule has 0 radical (unpaired) electrons. The minimum Gasteiger partial charge on any atom is -0.490 e. The molecule has 0 bridgehead atoms. The van der Waals surface area contributed by atoms with Gasteiger partial charge in [-0.1, -0.05) is 24.3 Å². The van der Waals surface area contributed by atoms with E-state index in [1.54, 1.807) is 0 Å². The van der Waals surface area contributed by atoms with Gasteiger partial charge in [0.15, 0.2) is 0 Å². The molecule has 2 aromatic rings. The summed E-state index contributed by atoms with van der Waals surface area (Å²) in [7, 11) is 0. The molecule has 0 atom stereocenters. The third kappa shape index (κ3) is 4.69. The number of carbonyl (C=O) groups is 1. The predicted octanol–water partition coefficient (Wildman–Crippen LogP) is 4.51. The van der Waals surface area contributed by atoms with Crippen LogP contribution in [0.4, 0.5) is 5.69 Å². The van der Waals surface area contributed by atoms with Crippen molar-refractivity contribution in [1.82, 2.24) is 4.90 Å². The molecular formula is C23H28N2O2. The fraction of sp³-hybridized carbons (Fsp3) is 0.435. The van der Waals surface area contributed by atoms with Crippen molar-refractivity contribution in [2.24, 2.45) is 0 Å². The van der Waals surface area contributed by atoms with Crippen LogP contribution in [0.15, 0.2) is 48.5 Å². The lowest BCUT2D eigenvalue weighted by Gasteiger charge is -2.27. The average Bonchev–Trinajstić information content (AvgIpc) is 3.18. The fourth-order valence-corrected chi connectivity index (χ4v) is 3.67. The Morgan fingerprint density at radius 3 is 2.44 bits per heavy atom. The quantitative estimate of drug-likeness (QED) is 0.786. The topological polar surface area (TPSA) is 41.6 Å². The molecule has 1 saturated carbocycles. The Morgan fingerprint density at radius 2 is 1.74 bits per heavy atom. The number of amides is 1. The highest BCUT2D eigenvalue weighted by Gasteiger charge is 2.22. The van der Waals surface area contributed by atoms with Gasteiger partial charge in [-0.25, -0.2) is 0 Å². The van der Waals surface area contributed by atoms with Crippen LogP contribution in [0.2, 0.25) is 0 Å². The summed E-state index contributed by atoms with van der Waals surface area (Å²) in [4.78, 5) is 15.2. The lowest BCUT2D eigenvalue weighted by molar-refractivity contribution is 0.0992. The number of likely N-dealkylation sites (tertiary alicyclic amines) is 1. The van der Waals surface area contributed by atoms with E-state index in [0.717, 1.165) is 31.5 Å². The van der Waals surface area contributed by atoms with Crippen LogP contribution in [0.25, 0.3) is 0 Å². The molecule has 1 aliphatic carbocycles. The molecule has 1 N–H and O–H groups in total. The number of ether oxygens (including phenoxy) is 1. The van der Waals surface area contributed by atoms with Crippen LogP contribution in [-0.4, -0.2) is 36.5 Å². The Morgan fingerprint density at radius 1 is 1.00 bits per heavy atom. The van der Waals surface area contributed by atoms with Crippen molar-refractivity contribution in [2.75, 3.05) is 25.0 Å². The van der Waals surface area contributed by atoms with E-state index in [1.807, 2.05) is 36.4 Å². The van der Waals surface area contributed by atoms with Gasteiger partial charge in [-0.3, -0.25) is 4.79 Å². The number of hydrogen-bond acceptors (Lipinski definition) is 3. The summed E-state index contributed by atoms with van der Waals surface area (Å²) in [5, 5.41) is 3.00. The van der Waals surface area contributed by atoms with E-state index in [-0.39, 0.29) is 12.0 Å². The van der Waals surface area contributed by atoms with Crippen LogP contribution in [0.5, 0.6) is 5.75 Å². The van der Waals surface area contributed by atoms with Crippen LogP contribution in [0.1, 0.15) is 48.0 Å². The molecule has 4 rings (SSSR count). The summed E-state index contributed by atoms with van der Waals surface area (Å²) in [5.74, 6) is 0.566. The second-order valence-electron chi connectivity index (χ2n) is 7.62. The van der Waals surface area contributed by atoms with Crippen LogP contribution in [-0.2, 0) is 6.42 Å². The highest BCUT2D eigenvalue weighted by atomic mass is 16.5. The van der Waals surface area contributed by atoms with Crippen molar-refractivity contribution >= 4 is 11.6 Å². The number of carbonyl (C=O) groups excluding carboxylic acids is 1. The molecule has 2 aliphatic rings. The van der Waals surface area contributed by atoms with E-state index in [1.165, 1.54) is 37.9 Å². The number of nitrogens with one attached hydrogen (secondary N) is 1. The number of nitrogens with zero attached hydrogens (tertiary/aromatic N) is 1. The van der Waals surface area contributed by atoms with Crippen molar-refractivity contribution in [1.29, 1.82) is 0 Å². The molecule has 1 heterocycles. The first-order valence-corrected chi connectivity index (χ1v) is 10.2. The van der Waals surface area contributed by atoms with Crippen molar-refractivity contribution in [2.45, 2.75) is 44.6 Å². The summed E-state index contributed by atoms with van der Waals surface area (Å²) >= 11 is 0. The minimum absolute atomic E-state index is 0.116. The van der Waals surface area contributed by atoms with E-state index in [9.17, 15) is 4.79 Å². The summed E-state index contributed by atoms with van der Waals surface area (Å²) in [6.07, 6.45) is 7.35. The maximum Gasteiger partial charge on any atom is 0.259 e. The van der Waals surface area contributed by atoms with E-state index >= 15 is 0 Å². The molecule has 27 heavy (non-hydrogen) atoms. The molecule has 2 fully saturated rings. The summed E-state index contributed by atoms with van der Waals surface area (Å²) < 4.78 is 5.97. The molecule has 0 unspecified atom stereocenters. The number of para-hydroxylation sites is 1. The molecule has 0 spiro atoms. The van der Waals surface area contributed by atoms with E-state index in [2.05, 4.69) is 22.3 Å². The van der Waals surface area contributed by atoms with Gasteiger partial charge in [-0.05, 0) is 81.4 Å². The van der Waals surface area contributed by atoms with Crippen LogP contribution >= 0.6 is 0 Å². The Labute approximate surface area is 161 Å². The molecular weight excluding hydrogens is 336 g/mol. The number of benzene rings is 2. The monoisotopic (exact) mass is 364 g/mol. The van der Waals surface area contributed by atoms with E-state index in [4.69, 9.17) is 4.74 Å². The fourth-order valence-electron chi connectivity index (χ4n) is 3.67. The van der Waals surface area contributed by atoms with Gasteiger partial charge >= 0.3 is 0 Å². The first kappa shape index (κ1) is 18.1. The van der Waals surface area contributed by atoms with Crippen LogP contribution in [0, 0.1) is 0 Å². The summed E-state index contributed by atoms with van der Waals surface area (Å²) in [5.41, 5.74) is 2.74. The highest BCUT2D eigenvalue weighted by Crippen LogP contribution is 2.28. The Balaban J connectivity index is 1.35. The SMILES string of the molecule is O=C(Nc1ccc(CCN2CCCC2)cc1)c1ccccc1OC1CCC1. The smallest absolute Gasteiger partial charge is 0.259 e. The number of anilines is 1. The zero-order valence-corrected chi connectivity index (χ0v) is 15.8. The summed E-state index contributed by atoms with van der Waals surface area (Å²) in [6.45, 7) is 3.59. The molecule has 1 amide bonds. The van der Waals surface area contributed by atoms with Gasteiger partial charge in [-0.2, -0.15) is 0 Å². The average molecular weight is 364 g/mol. The molecule has 1 saturated heterocycles. The molecule has 4 nitrogen and oxygen atoms in total. The predicted molar refractivity (Wildman–Crippen MR) is 108 cm³/mol. The van der Waals surface area contributed by atoms with Crippen LogP contribution in [0.3, 0.4) is 0 Å². The largest absolute Gasteiger partial charge is 0.490 e. The van der Waals surface area contributed by atoms with Crippen molar-refractivity contribution < 1.29 is 9.53 Å². The van der Waals surface area contributed by atoms with Gasteiger partial charge in [0.1, 0.15) is 5.75 Å². The van der Waals surface area contributed by atoms with Gasteiger partial charge in [-0.15, -0.1) is 0 Å². The maximum atomic E-state index is 12.7. The first-order chi connectivity index (χ1) is 13.3. The standard InChI is InChI=1S/C23H28N2O2/c26-23(21-8-1-2-9-22(21)27-20-6-5-7-20)24-19-12-10-18(11-13-19)14-17-25-15-3-4-16-25/h1-2,8-13,20H,3-7,14-17H2,(H,24,26). The minimum atomic E-state index is -0.116. The number of rotatable bonds is 7. The number of hydrogen-bond donors (Lipinski definition) is 1.